The average molecular weight is 425 g/mol. The van der Waals surface area contributed by atoms with Crippen molar-refractivity contribution in [3.8, 4) is 5.75 Å². The highest BCUT2D eigenvalue weighted by Gasteiger charge is 2.35. The van der Waals surface area contributed by atoms with Gasteiger partial charge in [0.1, 0.15) is 11.8 Å². The Hall–Kier alpha value is -3.35. The number of rotatable bonds is 7. The standard InChI is InChI=1S/C24H27NO6/c1-16(2)17-8-10-20(11-9-17)30-15-23(27)31-14-22(26)25-13-19-7-5-4-6-18(19)12-21(25)24(28)29-3/h4-11,16,21H,12-15H2,1-3H3/t21-/m1/s1. The minimum absolute atomic E-state index is 0.255. The van der Waals surface area contributed by atoms with Crippen molar-refractivity contribution in [2.45, 2.75) is 38.8 Å². The molecular weight excluding hydrogens is 398 g/mol. The maximum Gasteiger partial charge on any atom is 0.344 e. The van der Waals surface area contributed by atoms with Crippen LogP contribution in [0.3, 0.4) is 0 Å². The van der Waals surface area contributed by atoms with Gasteiger partial charge in [0.15, 0.2) is 13.2 Å². The van der Waals surface area contributed by atoms with E-state index >= 15 is 0 Å². The number of nitrogens with zero attached hydrogens (tertiary/aromatic N) is 1. The van der Waals surface area contributed by atoms with Gasteiger partial charge in [0.05, 0.1) is 7.11 Å². The second-order valence-electron chi connectivity index (χ2n) is 7.71. The summed E-state index contributed by atoms with van der Waals surface area (Å²) < 4.78 is 15.4. The lowest BCUT2D eigenvalue weighted by Gasteiger charge is -2.35. The number of carbonyl (C=O) groups is 3. The van der Waals surface area contributed by atoms with Crippen LogP contribution in [0.5, 0.6) is 5.75 Å². The highest BCUT2D eigenvalue weighted by molar-refractivity contribution is 5.87. The van der Waals surface area contributed by atoms with Gasteiger partial charge < -0.3 is 19.1 Å². The third-order valence-corrected chi connectivity index (χ3v) is 5.30. The number of amides is 1. The predicted octanol–water partition coefficient (Wildman–Crippen LogP) is 2.86. The van der Waals surface area contributed by atoms with E-state index in [1.165, 1.54) is 17.6 Å². The van der Waals surface area contributed by atoms with Crippen LogP contribution in [-0.4, -0.2) is 49.1 Å². The summed E-state index contributed by atoms with van der Waals surface area (Å²) in [5, 5.41) is 0. The van der Waals surface area contributed by atoms with Crippen LogP contribution in [0.15, 0.2) is 48.5 Å². The first-order valence-electron chi connectivity index (χ1n) is 10.2. The van der Waals surface area contributed by atoms with Crippen LogP contribution in [0.1, 0.15) is 36.5 Å². The Balaban J connectivity index is 1.54. The molecule has 0 saturated heterocycles. The van der Waals surface area contributed by atoms with Crippen molar-refractivity contribution >= 4 is 17.8 Å². The maximum absolute atomic E-state index is 12.7. The Labute approximate surface area is 181 Å². The van der Waals surface area contributed by atoms with Crippen molar-refractivity contribution in [3.63, 3.8) is 0 Å². The molecule has 31 heavy (non-hydrogen) atoms. The molecular formula is C24H27NO6. The van der Waals surface area contributed by atoms with Crippen molar-refractivity contribution in [2.75, 3.05) is 20.3 Å². The highest BCUT2D eigenvalue weighted by Crippen LogP contribution is 2.24. The van der Waals surface area contributed by atoms with Crippen LogP contribution < -0.4 is 4.74 Å². The lowest BCUT2D eigenvalue weighted by Crippen LogP contribution is -2.50. The van der Waals surface area contributed by atoms with Crippen LogP contribution in [-0.2, 0) is 36.8 Å². The molecule has 1 heterocycles. The third kappa shape index (κ3) is 5.63. The lowest BCUT2D eigenvalue weighted by molar-refractivity contribution is -0.160. The summed E-state index contributed by atoms with van der Waals surface area (Å²) in [7, 11) is 1.29. The molecule has 0 radical (unpaired) electrons. The number of fused-ring (bicyclic) bond motifs is 1. The zero-order chi connectivity index (χ0) is 22.4. The Kier molecular flexibility index (Phi) is 7.28. The summed E-state index contributed by atoms with van der Waals surface area (Å²) >= 11 is 0. The van der Waals surface area contributed by atoms with Gasteiger partial charge in [-0.15, -0.1) is 0 Å². The number of hydrogen-bond donors (Lipinski definition) is 0. The molecule has 0 spiro atoms. The normalized spacial score (nSPS) is 15.2. The summed E-state index contributed by atoms with van der Waals surface area (Å²) in [4.78, 5) is 38.4. The monoisotopic (exact) mass is 425 g/mol. The summed E-state index contributed by atoms with van der Waals surface area (Å²) in [6, 6.07) is 14.3. The summed E-state index contributed by atoms with van der Waals surface area (Å²) in [5.41, 5.74) is 3.12. The number of hydrogen-bond acceptors (Lipinski definition) is 6. The topological polar surface area (TPSA) is 82.1 Å². The molecule has 7 nitrogen and oxygen atoms in total. The van der Waals surface area contributed by atoms with Gasteiger partial charge in [0, 0.05) is 13.0 Å². The van der Waals surface area contributed by atoms with E-state index in [1.54, 1.807) is 12.1 Å². The quantitative estimate of drug-likeness (QED) is 0.635. The number of esters is 2. The Morgan fingerprint density at radius 1 is 1.00 bits per heavy atom. The van der Waals surface area contributed by atoms with E-state index in [-0.39, 0.29) is 13.2 Å². The van der Waals surface area contributed by atoms with E-state index in [2.05, 4.69) is 13.8 Å². The fourth-order valence-corrected chi connectivity index (χ4v) is 3.49. The predicted molar refractivity (Wildman–Crippen MR) is 113 cm³/mol. The molecule has 164 valence electrons. The molecule has 1 atom stereocenters. The Bertz CT molecular complexity index is 937. The molecule has 1 amide bonds. The van der Waals surface area contributed by atoms with Gasteiger partial charge in [-0.1, -0.05) is 50.2 Å². The molecule has 2 aromatic carbocycles. The van der Waals surface area contributed by atoms with Crippen LogP contribution >= 0.6 is 0 Å². The first-order chi connectivity index (χ1) is 14.9. The minimum atomic E-state index is -0.748. The molecule has 1 aliphatic heterocycles. The molecule has 0 N–H and O–H groups in total. The van der Waals surface area contributed by atoms with Crippen molar-refractivity contribution in [1.29, 1.82) is 0 Å². The molecule has 2 aromatic rings. The number of benzene rings is 2. The van der Waals surface area contributed by atoms with Crippen LogP contribution in [0, 0.1) is 0 Å². The van der Waals surface area contributed by atoms with Gasteiger partial charge in [-0.05, 0) is 34.7 Å². The van der Waals surface area contributed by atoms with E-state index in [1.807, 2.05) is 36.4 Å². The molecule has 0 bridgehead atoms. The Morgan fingerprint density at radius 3 is 2.32 bits per heavy atom. The fourth-order valence-electron chi connectivity index (χ4n) is 3.49. The molecule has 3 rings (SSSR count). The SMILES string of the molecule is COC(=O)[C@H]1Cc2ccccc2CN1C(=O)COC(=O)COc1ccc(C(C)C)cc1. The largest absolute Gasteiger partial charge is 0.482 e. The zero-order valence-corrected chi connectivity index (χ0v) is 18.0. The van der Waals surface area contributed by atoms with Crippen LogP contribution in [0.4, 0.5) is 0 Å². The van der Waals surface area contributed by atoms with Crippen LogP contribution in [0.2, 0.25) is 0 Å². The van der Waals surface area contributed by atoms with Crippen molar-refractivity contribution < 1.29 is 28.6 Å². The highest BCUT2D eigenvalue weighted by atomic mass is 16.6. The zero-order valence-electron chi connectivity index (χ0n) is 18.0. The Morgan fingerprint density at radius 2 is 1.68 bits per heavy atom. The van der Waals surface area contributed by atoms with Gasteiger partial charge in [0.2, 0.25) is 0 Å². The minimum Gasteiger partial charge on any atom is -0.482 e. The smallest absolute Gasteiger partial charge is 0.344 e. The molecule has 7 heteroatoms. The fraction of sp³-hybridized carbons (Fsp3) is 0.375. The van der Waals surface area contributed by atoms with Gasteiger partial charge in [0.25, 0.3) is 5.91 Å². The number of ether oxygens (including phenoxy) is 3. The van der Waals surface area contributed by atoms with Gasteiger partial charge >= 0.3 is 11.9 Å². The van der Waals surface area contributed by atoms with Gasteiger partial charge in [-0.25, -0.2) is 9.59 Å². The van der Waals surface area contributed by atoms with Gasteiger partial charge in [-0.3, -0.25) is 4.79 Å². The first-order valence-corrected chi connectivity index (χ1v) is 10.2. The van der Waals surface area contributed by atoms with E-state index in [0.29, 0.717) is 18.1 Å². The molecule has 0 fully saturated rings. The van der Waals surface area contributed by atoms with Crippen LogP contribution in [0.25, 0.3) is 0 Å². The summed E-state index contributed by atoms with van der Waals surface area (Å²) in [6.45, 7) is 3.67. The van der Waals surface area contributed by atoms with Gasteiger partial charge in [-0.2, -0.15) is 0 Å². The average Bonchev–Trinajstić information content (AvgIpc) is 2.80. The van der Waals surface area contributed by atoms with E-state index in [9.17, 15) is 14.4 Å². The second-order valence-corrected chi connectivity index (χ2v) is 7.71. The van der Waals surface area contributed by atoms with E-state index in [0.717, 1.165) is 11.1 Å². The maximum atomic E-state index is 12.7. The molecule has 0 saturated carbocycles. The molecule has 1 aliphatic rings. The third-order valence-electron chi connectivity index (χ3n) is 5.30. The lowest BCUT2D eigenvalue weighted by atomic mass is 9.94. The van der Waals surface area contributed by atoms with Crippen molar-refractivity contribution in [3.05, 3.63) is 65.2 Å². The summed E-state index contributed by atoms with van der Waals surface area (Å²) in [6.07, 6.45) is 0.359. The molecule has 0 aromatic heterocycles. The second kappa shape index (κ2) is 10.1. The van der Waals surface area contributed by atoms with Crippen molar-refractivity contribution in [1.82, 2.24) is 4.90 Å². The first kappa shape index (κ1) is 22.3. The molecule has 0 unspecified atom stereocenters. The number of methoxy groups -OCH3 is 1. The molecule has 0 aliphatic carbocycles. The van der Waals surface area contributed by atoms with E-state index in [4.69, 9.17) is 14.2 Å². The van der Waals surface area contributed by atoms with Crippen molar-refractivity contribution in [2.24, 2.45) is 0 Å². The number of carbonyl (C=O) groups excluding carboxylic acids is 3. The summed E-state index contributed by atoms with van der Waals surface area (Å²) in [5.74, 6) is -0.665. The van der Waals surface area contributed by atoms with E-state index < -0.39 is 30.5 Å².